The van der Waals surface area contributed by atoms with Crippen molar-refractivity contribution < 1.29 is 31.9 Å². The van der Waals surface area contributed by atoms with Crippen molar-refractivity contribution in [3.8, 4) is 11.5 Å². The van der Waals surface area contributed by atoms with Gasteiger partial charge in [0.2, 0.25) is 12.7 Å². The van der Waals surface area contributed by atoms with Crippen LogP contribution in [0.4, 0.5) is 14.9 Å². The molecular weight excluding hydrogens is 489 g/mol. The molecule has 4 rings (SSSR count). The first-order valence-electron chi connectivity index (χ1n) is 11.0. The van der Waals surface area contributed by atoms with Gasteiger partial charge in [0, 0.05) is 18.8 Å². The van der Waals surface area contributed by atoms with E-state index < -0.39 is 38.7 Å². The van der Waals surface area contributed by atoms with Gasteiger partial charge in [-0.1, -0.05) is 42.5 Å². The summed E-state index contributed by atoms with van der Waals surface area (Å²) < 4.78 is 51.5. The summed E-state index contributed by atoms with van der Waals surface area (Å²) in [7, 11) is -2.97. The third-order valence-electron chi connectivity index (χ3n) is 5.60. The Labute approximate surface area is 207 Å². The summed E-state index contributed by atoms with van der Waals surface area (Å²) in [6.45, 7) is 0.0777. The zero-order valence-electron chi connectivity index (χ0n) is 19.3. The van der Waals surface area contributed by atoms with E-state index in [2.05, 4.69) is 5.32 Å². The molecule has 0 unspecified atom stereocenters. The highest BCUT2D eigenvalue weighted by Crippen LogP contribution is 2.35. The summed E-state index contributed by atoms with van der Waals surface area (Å²) in [6, 6.07) is 16.7. The first kappa shape index (κ1) is 25.0. The van der Waals surface area contributed by atoms with Gasteiger partial charge in [-0.3, -0.25) is 4.79 Å². The monoisotopic (exact) mass is 513 g/mol. The molecular formula is C25H24FN3O6S. The fraction of sp³-hybridized carbons (Fsp3) is 0.200. The SMILES string of the molecule is CN(C(=O)[C@H](CCc1ccccc1)NC(=O)NS(=O)(=O)c1ccccc1F)c1ccc2c(c1)OCO2. The number of fused-ring (bicyclic) bond motifs is 1. The predicted molar refractivity (Wildman–Crippen MR) is 130 cm³/mol. The third kappa shape index (κ3) is 5.74. The number of carbonyl (C=O) groups is 2. The van der Waals surface area contributed by atoms with Gasteiger partial charge >= 0.3 is 6.03 Å². The number of hydrogen-bond donors (Lipinski definition) is 2. The smallest absolute Gasteiger partial charge is 0.329 e. The van der Waals surface area contributed by atoms with Gasteiger partial charge < -0.3 is 19.7 Å². The minimum Gasteiger partial charge on any atom is -0.454 e. The van der Waals surface area contributed by atoms with Crippen molar-refractivity contribution in [3.05, 3.63) is 84.2 Å². The number of halogens is 1. The van der Waals surface area contributed by atoms with Crippen LogP contribution in [0.2, 0.25) is 0 Å². The van der Waals surface area contributed by atoms with E-state index in [4.69, 9.17) is 9.47 Å². The summed E-state index contributed by atoms with van der Waals surface area (Å²) in [4.78, 5) is 26.7. The van der Waals surface area contributed by atoms with Gasteiger partial charge in [0.05, 0.1) is 0 Å². The molecule has 1 atom stereocenters. The fourth-order valence-electron chi connectivity index (χ4n) is 3.70. The molecule has 0 spiro atoms. The van der Waals surface area contributed by atoms with E-state index >= 15 is 0 Å². The van der Waals surface area contributed by atoms with Crippen LogP contribution in [-0.2, 0) is 21.2 Å². The first-order chi connectivity index (χ1) is 17.2. The van der Waals surface area contributed by atoms with Crippen LogP contribution in [0.5, 0.6) is 11.5 Å². The van der Waals surface area contributed by atoms with Gasteiger partial charge in [-0.05, 0) is 42.7 Å². The lowest BCUT2D eigenvalue weighted by molar-refractivity contribution is -0.120. The molecule has 0 aliphatic carbocycles. The van der Waals surface area contributed by atoms with Crippen LogP contribution < -0.4 is 24.4 Å². The van der Waals surface area contributed by atoms with Crippen LogP contribution in [-0.4, -0.2) is 40.2 Å². The number of urea groups is 1. The Hall–Kier alpha value is -4.12. The zero-order valence-corrected chi connectivity index (χ0v) is 20.1. The van der Waals surface area contributed by atoms with Gasteiger partial charge in [0.25, 0.3) is 10.0 Å². The van der Waals surface area contributed by atoms with Crippen molar-refractivity contribution in [1.29, 1.82) is 0 Å². The highest BCUT2D eigenvalue weighted by molar-refractivity contribution is 7.90. The van der Waals surface area contributed by atoms with Crippen LogP contribution >= 0.6 is 0 Å². The number of carbonyl (C=O) groups excluding carboxylic acids is 2. The maximum absolute atomic E-state index is 14.0. The van der Waals surface area contributed by atoms with Crippen molar-refractivity contribution in [2.24, 2.45) is 0 Å². The van der Waals surface area contributed by atoms with E-state index in [0.717, 1.165) is 17.7 Å². The van der Waals surface area contributed by atoms with Crippen molar-refractivity contribution >= 4 is 27.6 Å². The molecule has 9 nitrogen and oxygen atoms in total. The van der Waals surface area contributed by atoms with E-state index in [-0.39, 0.29) is 13.2 Å². The summed E-state index contributed by atoms with van der Waals surface area (Å²) in [5, 5.41) is 2.44. The average molecular weight is 514 g/mol. The van der Waals surface area contributed by atoms with Crippen LogP contribution in [0, 0.1) is 5.82 Å². The Balaban J connectivity index is 1.52. The Morgan fingerprint density at radius 3 is 2.44 bits per heavy atom. The summed E-state index contributed by atoms with van der Waals surface area (Å²) in [5.41, 5.74) is 1.43. The highest BCUT2D eigenvalue weighted by atomic mass is 32.2. The normalized spacial score (nSPS) is 13.1. The minimum absolute atomic E-state index is 0.0777. The van der Waals surface area contributed by atoms with E-state index in [1.807, 2.05) is 30.3 Å². The molecule has 1 aliphatic heterocycles. The number of aryl methyl sites for hydroxylation is 1. The van der Waals surface area contributed by atoms with Crippen molar-refractivity contribution in [3.63, 3.8) is 0 Å². The Morgan fingerprint density at radius 2 is 1.69 bits per heavy atom. The molecule has 0 aromatic heterocycles. The highest BCUT2D eigenvalue weighted by Gasteiger charge is 2.28. The van der Waals surface area contributed by atoms with Crippen molar-refractivity contribution in [2.75, 3.05) is 18.7 Å². The lowest BCUT2D eigenvalue weighted by atomic mass is 10.0. The van der Waals surface area contributed by atoms with Gasteiger partial charge in [0.1, 0.15) is 16.8 Å². The molecule has 1 aliphatic rings. The molecule has 0 saturated carbocycles. The average Bonchev–Trinajstić information content (AvgIpc) is 3.34. The topological polar surface area (TPSA) is 114 Å². The molecule has 0 bridgehead atoms. The second-order valence-electron chi connectivity index (χ2n) is 8.02. The molecule has 1 heterocycles. The van der Waals surface area contributed by atoms with Crippen molar-refractivity contribution in [2.45, 2.75) is 23.8 Å². The Morgan fingerprint density at radius 1 is 1.00 bits per heavy atom. The molecule has 0 fully saturated rings. The van der Waals surface area contributed by atoms with Crippen molar-refractivity contribution in [1.82, 2.24) is 10.0 Å². The lowest BCUT2D eigenvalue weighted by Gasteiger charge is -2.25. The van der Waals surface area contributed by atoms with E-state index in [0.29, 0.717) is 23.6 Å². The maximum atomic E-state index is 14.0. The number of rotatable bonds is 8. The largest absolute Gasteiger partial charge is 0.454 e. The van der Waals surface area contributed by atoms with E-state index in [1.165, 1.54) is 24.1 Å². The molecule has 2 N–H and O–H groups in total. The minimum atomic E-state index is -4.50. The summed E-state index contributed by atoms with van der Waals surface area (Å²) >= 11 is 0. The van der Waals surface area contributed by atoms with E-state index in [1.54, 1.807) is 22.9 Å². The number of ether oxygens (including phenoxy) is 2. The molecule has 3 amide bonds. The molecule has 0 radical (unpaired) electrons. The predicted octanol–water partition coefficient (Wildman–Crippen LogP) is 3.21. The molecule has 188 valence electrons. The Kier molecular flexibility index (Phi) is 7.39. The number of nitrogens with one attached hydrogen (secondary N) is 2. The molecule has 0 saturated heterocycles. The number of benzene rings is 3. The first-order valence-corrected chi connectivity index (χ1v) is 12.5. The zero-order chi connectivity index (χ0) is 25.7. The quantitative estimate of drug-likeness (QED) is 0.478. The van der Waals surface area contributed by atoms with Gasteiger partial charge in [0.15, 0.2) is 11.5 Å². The van der Waals surface area contributed by atoms with E-state index in [9.17, 15) is 22.4 Å². The van der Waals surface area contributed by atoms with Gasteiger partial charge in [-0.2, -0.15) is 0 Å². The second kappa shape index (κ2) is 10.6. The molecule has 3 aromatic rings. The van der Waals surface area contributed by atoms with Gasteiger partial charge in [-0.15, -0.1) is 0 Å². The fourth-order valence-corrected chi connectivity index (χ4v) is 4.69. The summed E-state index contributed by atoms with van der Waals surface area (Å²) in [6.07, 6.45) is 0.622. The standard InChI is InChI=1S/C25H24FN3O6S/c1-29(18-12-14-21-22(15-18)35-16-34-21)24(30)20(13-11-17-7-3-2-4-8-17)27-25(31)28-36(32,33)23-10-6-5-9-19(23)26/h2-10,12,14-15,20H,11,13,16H2,1H3,(H2,27,28,31)/t20-/m0/s1. The van der Waals surface area contributed by atoms with Gasteiger partial charge in [-0.25, -0.2) is 22.3 Å². The number of hydrogen-bond acceptors (Lipinski definition) is 6. The number of sulfonamides is 1. The summed E-state index contributed by atoms with van der Waals surface area (Å²) in [5.74, 6) is -0.453. The van der Waals surface area contributed by atoms with Crippen LogP contribution in [0.25, 0.3) is 0 Å². The number of nitrogens with zero attached hydrogens (tertiary/aromatic N) is 1. The van der Waals surface area contributed by atoms with Crippen LogP contribution in [0.1, 0.15) is 12.0 Å². The lowest BCUT2D eigenvalue weighted by Crippen LogP contribution is -2.51. The Bertz CT molecular complexity index is 1370. The second-order valence-corrected chi connectivity index (χ2v) is 9.67. The molecule has 3 aromatic carbocycles. The molecule has 36 heavy (non-hydrogen) atoms. The maximum Gasteiger partial charge on any atom is 0.329 e. The molecule has 11 heteroatoms. The number of anilines is 1. The number of likely N-dealkylation sites (N-methyl/N-ethyl adjacent to an activating group) is 1. The van der Waals surface area contributed by atoms with Crippen LogP contribution in [0.15, 0.2) is 77.7 Å². The number of amides is 3. The third-order valence-corrected chi connectivity index (χ3v) is 6.96. The van der Waals surface area contributed by atoms with Crippen LogP contribution in [0.3, 0.4) is 0 Å².